The Morgan fingerprint density at radius 1 is 1.43 bits per heavy atom. The molecule has 1 aliphatic heterocycles. The number of carbonyl (C=O) groups is 2. The minimum absolute atomic E-state index is 0.0320. The van der Waals surface area contributed by atoms with E-state index in [-0.39, 0.29) is 18.4 Å². The number of Topliss-reactive ketones (excluding diaryl/α,β-unsaturated/α-hetero) is 1. The number of hydrogen-bond donors (Lipinski definition) is 2. The average Bonchev–Trinajstić information content (AvgIpc) is 2.63. The summed E-state index contributed by atoms with van der Waals surface area (Å²) in [6, 6.07) is -0.243. The van der Waals surface area contributed by atoms with Crippen molar-refractivity contribution in [1.29, 1.82) is 0 Å². The number of thioether (sulfide) groups is 1. The maximum atomic E-state index is 11.1. The predicted octanol–water partition coefficient (Wildman–Crippen LogP) is 0.770. The van der Waals surface area contributed by atoms with Gasteiger partial charge in [0.25, 0.3) is 0 Å². The van der Waals surface area contributed by atoms with Crippen LogP contribution in [0.3, 0.4) is 0 Å². The third-order valence-corrected chi connectivity index (χ3v) is 3.41. The van der Waals surface area contributed by atoms with Gasteiger partial charge in [-0.05, 0) is 25.5 Å². The Labute approximate surface area is 88.2 Å². The number of hydrogen-bond acceptors (Lipinski definition) is 3. The van der Waals surface area contributed by atoms with Gasteiger partial charge in [-0.2, -0.15) is 11.8 Å². The highest BCUT2D eigenvalue weighted by molar-refractivity contribution is 8.00. The molecule has 0 aromatic heterocycles. The summed E-state index contributed by atoms with van der Waals surface area (Å²) in [5, 5.41) is 5.81. The first-order valence-electron chi connectivity index (χ1n) is 4.81. The first kappa shape index (κ1) is 11.4. The monoisotopic (exact) mass is 216 g/mol. The standard InChI is InChI=1S/C9H16N2O2S/c1-7(12)5-10-9(13)11-6-8-3-2-4-14-8/h8H,2-6H2,1H3,(H2,10,11,13). The lowest BCUT2D eigenvalue weighted by atomic mass is 10.2. The van der Waals surface area contributed by atoms with Gasteiger partial charge in [-0.25, -0.2) is 4.79 Å². The topological polar surface area (TPSA) is 58.2 Å². The van der Waals surface area contributed by atoms with E-state index < -0.39 is 0 Å². The van der Waals surface area contributed by atoms with Gasteiger partial charge in [-0.1, -0.05) is 0 Å². The Bertz CT molecular complexity index is 215. The fourth-order valence-corrected chi connectivity index (χ4v) is 2.48. The average molecular weight is 216 g/mol. The first-order chi connectivity index (χ1) is 6.68. The summed E-state index contributed by atoms with van der Waals surface area (Å²) >= 11 is 1.90. The second kappa shape index (κ2) is 5.90. The Hall–Kier alpha value is -0.710. The van der Waals surface area contributed by atoms with Crippen molar-refractivity contribution in [2.24, 2.45) is 0 Å². The van der Waals surface area contributed by atoms with Crippen LogP contribution in [0.4, 0.5) is 4.79 Å². The molecule has 14 heavy (non-hydrogen) atoms. The molecule has 2 N–H and O–H groups in total. The Morgan fingerprint density at radius 2 is 2.21 bits per heavy atom. The van der Waals surface area contributed by atoms with E-state index in [1.165, 1.54) is 25.5 Å². The molecule has 0 aliphatic carbocycles. The molecule has 80 valence electrons. The highest BCUT2D eigenvalue weighted by atomic mass is 32.2. The maximum Gasteiger partial charge on any atom is 0.315 e. The van der Waals surface area contributed by atoms with Crippen LogP contribution in [0, 0.1) is 0 Å². The van der Waals surface area contributed by atoms with Gasteiger partial charge in [-0.15, -0.1) is 0 Å². The van der Waals surface area contributed by atoms with Crippen molar-refractivity contribution in [2.45, 2.75) is 25.0 Å². The van der Waals surface area contributed by atoms with E-state index in [1.807, 2.05) is 11.8 Å². The molecule has 0 spiro atoms. The van der Waals surface area contributed by atoms with Crippen LogP contribution in [0.25, 0.3) is 0 Å². The minimum atomic E-state index is -0.243. The molecule has 1 atom stereocenters. The SMILES string of the molecule is CC(=O)CNC(=O)NCC1CCCS1. The molecular formula is C9H16N2O2S. The summed E-state index contributed by atoms with van der Waals surface area (Å²) in [5.74, 6) is 1.16. The van der Waals surface area contributed by atoms with Gasteiger partial charge in [0.2, 0.25) is 0 Å². The molecule has 1 heterocycles. The molecule has 0 aromatic rings. The van der Waals surface area contributed by atoms with E-state index in [0.717, 1.165) is 0 Å². The molecule has 0 radical (unpaired) electrons. The predicted molar refractivity (Wildman–Crippen MR) is 57.6 cm³/mol. The Kier molecular flexibility index (Phi) is 4.79. The van der Waals surface area contributed by atoms with Crippen molar-refractivity contribution < 1.29 is 9.59 Å². The van der Waals surface area contributed by atoms with E-state index in [4.69, 9.17) is 0 Å². The smallest absolute Gasteiger partial charge is 0.315 e. The zero-order valence-electron chi connectivity index (χ0n) is 8.34. The fourth-order valence-electron chi connectivity index (χ4n) is 1.28. The maximum absolute atomic E-state index is 11.1. The van der Waals surface area contributed by atoms with Crippen LogP contribution < -0.4 is 10.6 Å². The van der Waals surface area contributed by atoms with E-state index in [0.29, 0.717) is 11.8 Å². The lowest BCUT2D eigenvalue weighted by Gasteiger charge is -2.10. The second-order valence-corrected chi connectivity index (χ2v) is 4.81. The lowest BCUT2D eigenvalue weighted by Crippen LogP contribution is -2.40. The number of carbonyl (C=O) groups excluding carboxylic acids is 2. The molecule has 1 aliphatic rings. The second-order valence-electron chi connectivity index (χ2n) is 3.40. The van der Waals surface area contributed by atoms with Crippen molar-refractivity contribution in [3.8, 4) is 0 Å². The molecule has 1 rings (SSSR count). The highest BCUT2D eigenvalue weighted by Crippen LogP contribution is 2.24. The summed E-state index contributed by atoms with van der Waals surface area (Å²) in [5.41, 5.74) is 0. The van der Waals surface area contributed by atoms with Crippen molar-refractivity contribution in [2.75, 3.05) is 18.8 Å². The lowest BCUT2D eigenvalue weighted by molar-refractivity contribution is -0.116. The van der Waals surface area contributed by atoms with Crippen LogP contribution in [0.1, 0.15) is 19.8 Å². The molecule has 1 fully saturated rings. The molecule has 1 saturated heterocycles. The molecule has 4 nitrogen and oxygen atoms in total. The van der Waals surface area contributed by atoms with Gasteiger partial charge in [0.15, 0.2) is 0 Å². The van der Waals surface area contributed by atoms with Gasteiger partial charge in [0, 0.05) is 11.8 Å². The van der Waals surface area contributed by atoms with Crippen molar-refractivity contribution >= 4 is 23.6 Å². The van der Waals surface area contributed by atoms with E-state index in [9.17, 15) is 9.59 Å². The quantitative estimate of drug-likeness (QED) is 0.730. The molecule has 5 heteroatoms. The molecule has 0 saturated carbocycles. The number of ketones is 1. The van der Waals surface area contributed by atoms with Crippen LogP contribution in [0.2, 0.25) is 0 Å². The van der Waals surface area contributed by atoms with Gasteiger partial charge in [-0.3, -0.25) is 4.79 Å². The molecule has 1 unspecified atom stereocenters. The van der Waals surface area contributed by atoms with Crippen LogP contribution in [-0.2, 0) is 4.79 Å². The Balaban J connectivity index is 2.05. The fraction of sp³-hybridized carbons (Fsp3) is 0.778. The molecule has 0 bridgehead atoms. The third-order valence-electron chi connectivity index (χ3n) is 2.01. The van der Waals surface area contributed by atoms with Crippen LogP contribution in [-0.4, -0.2) is 35.9 Å². The minimum Gasteiger partial charge on any atom is -0.337 e. The van der Waals surface area contributed by atoms with Gasteiger partial charge < -0.3 is 10.6 Å². The van der Waals surface area contributed by atoms with Crippen molar-refractivity contribution in [3.05, 3.63) is 0 Å². The Morgan fingerprint density at radius 3 is 2.79 bits per heavy atom. The molecular weight excluding hydrogens is 200 g/mol. The van der Waals surface area contributed by atoms with E-state index in [2.05, 4.69) is 10.6 Å². The number of rotatable bonds is 4. The third kappa shape index (κ3) is 4.50. The molecule has 0 aromatic carbocycles. The van der Waals surface area contributed by atoms with Crippen LogP contribution in [0.5, 0.6) is 0 Å². The first-order valence-corrected chi connectivity index (χ1v) is 5.86. The zero-order chi connectivity index (χ0) is 10.4. The highest BCUT2D eigenvalue weighted by Gasteiger charge is 2.15. The summed E-state index contributed by atoms with van der Waals surface area (Å²) < 4.78 is 0. The van der Waals surface area contributed by atoms with E-state index >= 15 is 0 Å². The largest absolute Gasteiger partial charge is 0.337 e. The van der Waals surface area contributed by atoms with E-state index in [1.54, 1.807) is 0 Å². The molecule has 2 amide bonds. The van der Waals surface area contributed by atoms with Crippen LogP contribution in [0.15, 0.2) is 0 Å². The van der Waals surface area contributed by atoms with Gasteiger partial charge >= 0.3 is 6.03 Å². The summed E-state index contributed by atoms with van der Waals surface area (Å²) in [6.07, 6.45) is 2.42. The summed E-state index contributed by atoms with van der Waals surface area (Å²) in [4.78, 5) is 21.7. The summed E-state index contributed by atoms with van der Waals surface area (Å²) in [7, 11) is 0. The number of urea groups is 1. The zero-order valence-corrected chi connectivity index (χ0v) is 9.15. The van der Waals surface area contributed by atoms with Crippen molar-refractivity contribution in [3.63, 3.8) is 0 Å². The van der Waals surface area contributed by atoms with Gasteiger partial charge in [0.05, 0.1) is 6.54 Å². The summed E-state index contributed by atoms with van der Waals surface area (Å²) in [6.45, 7) is 2.27. The number of amides is 2. The number of nitrogens with one attached hydrogen (secondary N) is 2. The van der Waals surface area contributed by atoms with Crippen molar-refractivity contribution in [1.82, 2.24) is 10.6 Å². The normalized spacial score (nSPS) is 20.5. The van der Waals surface area contributed by atoms with Crippen LogP contribution >= 0.6 is 11.8 Å². The van der Waals surface area contributed by atoms with Gasteiger partial charge in [0.1, 0.15) is 5.78 Å².